The monoisotopic (exact) mass is 295 g/mol. The summed E-state index contributed by atoms with van der Waals surface area (Å²) in [7, 11) is 0. The van der Waals surface area contributed by atoms with Crippen LogP contribution in [0.5, 0.6) is 0 Å². The molecule has 2 heterocycles. The first-order valence-corrected chi connectivity index (χ1v) is 7.34. The molecular weight excluding hydrogens is 278 g/mol. The second-order valence-electron chi connectivity index (χ2n) is 4.59. The van der Waals surface area contributed by atoms with E-state index in [1.165, 1.54) is 0 Å². The van der Waals surface area contributed by atoms with Gasteiger partial charge in [-0.2, -0.15) is 16.3 Å². The van der Waals surface area contributed by atoms with Gasteiger partial charge in [0.2, 0.25) is 11.7 Å². The van der Waals surface area contributed by atoms with E-state index in [0.717, 1.165) is 12.1 Å². The summed E-state index contributed by atoms with van der Waals surface area (Å²) in [6, 6.07) is 1.93. The van der Waals surface area contributed by atoms with Gasteiger partial charge >= 0.3 is 5.97 Å². The fourth-order valence-corrected chi connectivity index (χ4v) is 2.42. The van der Waals surface area contributed by atoms with Gasteiger partial charge in [0.15, 0.2) is 0 Å². The van der Waals surface area contributed by atoms with Crippen LogP contribution in [-0.2, 0) is 11.3 Å². The van der Waals surface area contributed by atoms with Gasteiger partial charge < -0.3 is 9.63 Å². The van der Waals surface area contributed by atoms with E-state index in [-0.39, 0.29) is 0 Å². The Hall–Kier alpha value is -1.73. The Balaban J connectivity index is 1.99. The van der Waals surface area contributed by atoms with Crippen LogP contribution in [0.25, 0.3) is 11.4 Å². The summed E-state index contributed by atoms with van der Waals surface area (Å²) >= 11 is 1.58. The first kappa shape index (κ1) is 14.7. The van der Waals surface area contributed by atoms with Crippen molar-refractivity contribution in [2.24, 2.45) is 5.92 Å². The molecule has 1 atom stereocenters. The van der Waals surface area contributed by atoms with E-state index in [2.05, 4.69) is 10.1 Å². The van der Waals surface area contributed by atoms with Gasteiger partial charge in [0.25, 0.3) is 0 Å². The zero-order valence-corrected chi connectivity index (χ0v) is 12.3. The second kappa shape index (κ2) is 6.62. The lowest BCUT2D eigenvalue weighted by molar-refractivity contribution is -0.141. The van der Waals surface area contributed by atoms with Crippen molar-refractivity contribution < 1.29 is 14.4 Å². The lowest BCUT2D eigenvalue weighted by atomic mass is 10.1. The standard InChI is InChI=1S/C13H17N3O3S/c1-3-16(6-9(2)13(17)18)7-11-14-12(15-19-11)10-4-5-20-8-10/h4-5,8-9H,3,6-7H2,1-2H3,(H,17,18). The number of hydrogen-bond acceptors (Lipinski definition) is 6. The molecule has 0 aliphatic heterocycles. The molecule has 2 aromatic rings. The highest BCUT2D eigenvalue weighted by molar-refractivity contribution is 7.08. The van der Waals surface area contributed by atoms with E-state index in [0.29, 0.717) is 24.8 Å². The van der Waals surface area contributed by atoms with Crippen molar-refractivity contribution in [1.82, 2.24) is 15.0 Å². The van der Waals surface area contributed by atoms with Crippen molar-refractivity contribution in [3.8, 4) is 11.4 Å². The van der Waals surface area contributed by atoms with Crippen molar-refractivity contribution in [2.45, 2.75) is 20.4 Å². The molecular formula is C13H17N3O3S. The van der Waals surface area contributed by atoms with Gasteiger partial charge in [-0.25, -0.2) is 0 Å². The Bertz CT molecular complexity index is 553. The third kappa shape index (κ3) is 3.64. The average molecular weight is 295 g/mol. The number of carbonyl (C=O) groups is 1. The lowest BCUT2D eigenvalue weighted by Gasteiger charge is -2.20. The van der Waals surface area contributed by atoms with Gasteiger partial charge in [0, 0.05) is 17.5 Å². The molecule has 0 aromatic carbocycles. The molecule has 7 heteroatoms. The van der Waals surface area contributed by atoms with Crippen LogP contribution < -0.4 is 0 Å². The van der Waals surface area contributed by atoms with Gasteiger partial charge in [-0.3, -0.25) is 9.69 Å². The van der Waals surface area contributed by atoms with Crippen LogP contribution in [0, 0.1) is 5.92 Å². The summed E-state index contributed by atoms with van der Waals surface area (Å²) in [6.45, 7) is 5.32. The molecule has 6 nitrogen and oxygen atoms in total. The highest BCUT2D eigenvalue weighted by atomic mass is 32.1. The molecule has 0 saturated heterocycles. The minimum atomic E-state index is -0.798. The van der Waals surface area contributed by atoms with Crippen LogP contribution >= 0.6 is 11.3 Å². The Morgan fingerprint density at radius 2 is 2.40 bits per heavy atom. The Kier molecular flexibility index (Phi) is 4.86. The van der Waals surface area contributed by atoms with Crippen molar-refractivity contribution in [3.63, 3.8) is 0 Å². The van der Waals surface area contributed by atoms with Crippen LogP contribution in [0.2, 0.25) is 0 Å². The summed E-state index contributed by atoms with van der Waals surface area (Å²) in [5.74, 6) is -0.142. The summed E-state index contributed by atoms with van der Waals surface area (Å²) in [6.07, 6.45) is 0. The number of aromatic nitrogens is 2. The van der Waals surface area contributed by atoms with Gasteiger partial charge in [0.1, 0.15) is 0 Å². The van der Waals surface area contributed by atoms with Crippen molar-refractivity contribution in [1.29, 1.82) is 0 Å². The van der Waals surface area contributed by atoms with E-state index in [4.69, 9.17) is 9.63 Å². The molecule has 0 aliphatic carbocycles. The molecule has 0 spiro atoms. The molecule has 20 heavy (non-hydrogen) atoms. The molecule has 0 bridgehead atoms. The van der Waals surface area contributed by atoms with Crippen LogP contribution in [0.15, 0.2) is 21.3 Å². The number of rotatable bonds is 7. The smallest absolute Gasteiger partial charge is 0.307 e. The normalized spacial score (nSPS) is 12.8. The number of thiophene rings is 1. The van der Waals surface area contributed by atoms with Gasteiger partial charge in [-0.05, 0) is 18.0 Å². The molecule has 1 N–H and O–H groups in total. The highest BCUT2D eigenvalue weighted by Crippen LogP contribution is 2.19. The number of aliphatic carboxylic acids is 1. The summed E-state index contributed by atoms with van der Waals surface area (Å²) in [5.41, 5.74) is 0.937. The molecule has 1 unspecified atom stereocenters. The van der Waals surface area contributed by atoms with Gasteiger partial charge in [0.05, 0.1) is 12.5 Å². The maximum atomic E-state index is 10.9. The summed E-state index contributed by atoms with van der Waals surface area (Å²) < 4.78 is 5.22. The maximum Gasteiger partial charge on any atom is 0.307 e. The number of carboxylic acid groups (broad SMARTS) is 1. The fraction of sp³-hybridized carbons (Fsp3) is 0.462. The average Bonchev–Trinajstić information content (AvgIpc) is 3.08. The summed E-state index contributed by atoms with van der Waals surface area (Å²) in [5, 5.41) is 16.8. The predicted molar refractivity (Wildman–Crippen MR) is 75.4 cm³/mol. The maximum absolute atomic E-state index is 10.9. The molecule has 0 saturated carbocycles. The lowest BCUT2D eigenvalue weighted by Crippen LogP contribution is -2.31. The summed E-state index contributed by atoms with van der Waals surface area (Å²) in [4.78, 5) is 17.2. The minimum Gasteiger partial charge on any atom is -0.481 e. The van der Waals surface area contributed by atoms with E-state index in [1.807, 2.05) is 28.7 Å². The highest BCUT2D eigenvalue weighted by Gasteiger charge is 2.18. The van der Waals surface area contributed by atoms with E-state index in [9.17, 15) is 4.79 Å². The Labute approximate surface area is 121 Å². The van der Waals surface area contributed by atoms with E-state index < -0.39 is 11.9 Å². The largest absolute Gasteiger partial charge is 0.481 e. The molecule has 2 rings (SSSR count). The van der Waals surface area contributed by atoms with Crippen molar-refractivity contribution in [3.05, 3.63) is 22.7 Å². The SMILES string of the molecule is CCN(Cc1nc(-c2ccsc2)no1)CC(C)C(=O)O. The van der Waals surface area contributed by atoms with Crippen LogP contribution in [0.4, 0.5) is 0 Å². The Morgan fingerprint density at radius 1 is 1.60 bits per heavy atom. The third-order valence-electron chi connectivity index (χ3n) is 3.01. The molecule has 0 amide bonds. The Morgan fingerprint density at radius 3 is 3.00 bits per heavy atom. The van der Waals surface area contributed by atoms with Crippen molar-refractivity contribution >= 4 is 17.3 Å². The van der Waals surface area contributed by atoms with Crippen LogP contribution in [-0.4, -0.2) is 39.2 Å². The second-order valence-corrected chi connectivity index (χ2v) is 5.37. The quantitative estimate of drug-likeness (QED) is 0.844. The molecule has 0 radical (unpaired) electrons. The topological polar surface area (TPSA) is 79.5 Å². The number of hydrogen-bond donors (Lipinski definition) is 1. The van der Waals surface area contributed by atoms with Crippen LogP contribution in [0.1, 0.15) is 19.7 Å². The minimum absolute atomic E-state index is 0.422. The van der Waals surface area contributed by atoms with Gasteiger partial charge in [-0.1, -0.05) is 19.0 Å². The van der Waals surface area contributed by atoms with E-state index >= 15 is 0 Å². The molecule has 0 fully saturated rings. The molecule has 108 valence electrons. The fourth-order valence-electron chi connectivity index (χ4n) is 1.79. The van der Waals surface area contributed by atoms with Gasteiger partial charge in [-0.15, -0.1) is 0 Å². The van der Waals surface area contributed by atoms with Crippen LogP contribution in [0.3, 0.4) is 0 Å². The van der Waals surface area contributed by atoms with Crippen molar-refractivity contribution in [2.75, 3.05) is 13.1 Å². The first-order valence-electron chi connectivity index (χ1n) is 6.40. The third-order valence-corrected chi connectivity index (χ3v) is 3.69. The number of nitrogens with zero attached hydrogens (tertiary/aromatic N) is 3. The van der Waals surface area contributed by atoms with E-state index in [1.54, 1.807) is 18.3 Å². The molecule has 2 aromatic heterocycles. The number of carboxylic acids is 1. The molecule has 0 aliphatic rings. The predicted octanol–water partition coefficient (Wildman–Crippen LogP) is 2.34. The first-order chi connectivity index (χ1) is 9.60. The zero-order chi connectivity index (χ0) is 14.5. The zero-order valence-electron chi connectivity index (χ0n) is 11.4.